The third kappa shape index (κ3) is 3.36. The molecule has 0 aliphatic rings. The number of halogens is 1. The molecule has 0 saturated heterocycles. The van der Waals surface area contributed by atoms with Crippen LogP contribution in [0.2, 0.25) is 0 Å². The lowest BCUT2D eigenvalue weighted by Gasteiger charge is -2.14. The number of hydrogen-bond donors (Lipinski definition) is 2. The van der Waals surface area contributed by atoms with Crippen molar-refractivity contribution in [1.29, 1.82) is 0 Å². The molecule has 0 spiro atoms. The lowest BCUT2D eigenvalue weighted by atomic mass is 10.1. The Labute approximate surface area is 132 Å². The van der Waals surface area contributed by atoms with Gasteiger partial charge in [-0.05, 0) is 55.3 Å². The molecule has 0 unspecified atom stereocenters. The monoisotopic (exact) mass is 348 g/mol. The third-order valence-electron chi connectivity index (χ3n) is 3.22. The van der Waals surface area contributed by atoms with Crippen LogP contribution in [0.1, 0.15) is 21.5 Å². The van der Waals surface area contributed by atoms with Crippen molar-refractivity contribution in [3.8, 4) is 5.75 Å². The minimum Gasteiger partial charge on any atom is -0.495 e. The number of ether oxygens (including phenoxy) is 1. The van der Waals surface area contributed by atoms with E-state index in [-0.39, 0.29) is 5.91 Å². The summed E-state index contributed by atoms with van der Waals surface area (Å²) >= 11 is 3.41. The van der Waals surface area contributed by atoms with Crippen LogP contribution in [0.25, 0.3) is 0 Å². The molecule has 21 heavy (non-hydrogen) atoms. The number of amides is 1. The van der Waals surface area contributed by atoms with Crippen molar-refractivity contribution in [3.63, 3.8) is 0 Å². The second-order valence-electron chi connectivity index (χ2n) is 4.83. The molecule has 2 rings (SSSR count). The fourth-order valence-electron chi connectivity index (χ4n) is 2.16. The number of nitrogens with two attached hydrogens (primary N) is 1. The van der Waals surface area contributed by atoms with Crippen molar-refractivity contribution in [3.05, 3.63) is 51.5 Å². The molecular weight excluding hydrogens is 332 g/mol. The Hall–Kier alpha value is -2.01. The van der Waals surface area contributed by atoms with Gasteiger partial charge in [-0.25, -0.2) is 0 Å². The highest BCUT2D eigenvalue weighted by Gasteiger charge is 2.14. The van der Waals surface area contributed by atoms with E-state index in [0.717, 1.165) is 15.6 Å². The van der Waals surface area contributed by atoms with Crippen LogP contribution in [0.3, 0.4) is 0 Å². The second kappa shape index (κ2) is 6.18. The summed E-state index contributed by atoms with van der Waals surface area (Å²) < 4.78 is 6.23. The molecule has 0 radical (unpaired) electrons. The Bertz CT molecular complexity index is 699. The summed E-state index contributed by atoms with van der Waals surface area (Å²) in [7, 11) is 1.57. The molecule has 0 aliphatic heterocycles. The van der Waals surface area contributed by atoms with Crippen molar-refractivity contribution in [1.82, 2.24) is 0 Å². The fraction of sp³-hybridized carbons (Fsp3) is 0.188. The number of anilines is 2. The molecule has 110 valence electrons. The summed E-state index contributed by atoms with van der Waals surface area (Å²) in [6.45, 7) is 3.77. The largest absolute Gasteiger partial charge is 0.495 e. The van der Waals surface area contributed by atoms with Gasteiger partial charge in [0.2, 0.25) is 0 Å². The van der Waals surface area contributed by atoms with Crippen LogP contribution < -0.4 is 15.8 Å². The number of hydrogen-bond acceptors (Lipinski definition) is 3. The molecule has 0 bridgehead atoms. The number of aryl methyl sites for hydroxylation is 2. The average Bonchev–Trinajstić information content (AvgIpc) is 2.41. The zero-order valence-corrected chi connectivity index (χ0v) is 13.7. The minimum atomic E-state index is -0.184. The maximum atomic E-state index is 12.4. The van der Waals surface area contributed by atoms with Gasteiger partial charge in [-0.15, -0.1) is 0 Å². The standard InChI is InChI=1S/C16H17BrN2O2/c1-9-7-12(18)4-5-13(9)16(20)19-15-10(2)6-11(17)8-14(15)21-3/h4-8H,18H2,1-3H3,(H,19,20). The lowest BCUT2D eigenvalue weighted by Crippen LogP contribution is -2.15. The van der Waals surface area contributed by atoms with Gasteiger partial charge in [0.05, 0.1) is 12.8 Å². The summed E-state index contributed by atoms with van der Waals surface area (Å²) in [5, 5.41) is 2.91. The van der Waals surface area contributed by atoms with Crippen molar-refractivity contribution in [2.75, 3.05) is 18.2 Å². The van der Waals surface area contributed by atoms with Gasteiger partial charge in [0.15, 0.2) is 0 Å². The summed E-state index contributed by atoms with van der Waals surface area (Å²) in [6, 6.07) is 8.96. The molecule has 2 aromatic rings. The smallest absolute Gasteiger partial charge is 0.256 e. The second-order valence-corrected chi connectivity index (χ2v) is 5.74. The van der Waals surface area contributed by atoms with Gasteiger partial charge in [0.1, 0.15) is 5.75 Å². The van der Waals surface area contributed by atoms with Crippen LogP contribution in [-0.4, -0.2) is 13.0 Å². The van der Waals surface area contributed by atoms with Crippen molar-refractivity contribution in [2.24, 2.45) is 0 Å². The SMILES string of the molecule is COc1cc(Br)cc(C)c1NC(=O)c1ccc(N)cc1C. The Kier molecular flexibility index (Phi) is 4.53. The normalized spacial score (nSPS) is 10.3. The van der Waals surface area contributed by atoms with Crippen LogP contribution in [0.4, 0.5) is 11.4 Å². The molecule has 1 amide bonds. The van der Waals surface area contributed by atoms with Gasteiger partial charge >= 0.3 is 0 Å². The van der Waals surface area contributed by atoms with Gasteiger partial charge in [-0.2, -0.15) is 0 Å². The summed E-state index contributed by atoms with van der Waals surface area (Å²) in [5.74, 6) is 0.430. The number of benzene rings is 2. The first-order valence-electron chi connectivity index (χ1n) is 6.44. The van der Waals surface area contributed by atoms with Gasteiger partial charge in [-0.1, -0.05) is 15.9 Å². The Morgan fingerprint density at radius 1 is 1.19 bits per heavy atom. The molecule has 0 aromatic heterocycles. The predicted molar refractivity (Wildman–Crippen MR) is 89.0 cm³/mol. The molecule has 0 fully saturated rings. The van der Waals surface area contributed by atoms with E-state index in [1.165, 1.54) is 0 Å². The highest BCUT2D eigenvalue weighted by atomic mass is 79.9. The first-order valence-corrected chi connectivity index (χ1v) is 7.23. The molecular formula is C16H17BrN2O2. The molecule has 0 aliphatic carbocycles. The molecule has 2 aromatic carbocycles. The average molecular weight is 349 g/mol. The molecule has 4 nitrogen and oxygen atoms in total. The summed E-state index contributed by atoms with van der Waals surface area (Å²) in [6.07, 6.45) is 0. The Morgan fingerprint density at radius 2 is 1.90 bits per heavy atom. The Morgan fingerprint density at radius 3 is 2.52 bits per heavy atom. The van der Waals surface area contributed by atoms with Crippen LogP contribution in [0, 0.1) is 13.8 Å². The number of methoxy groups -OCH3 is 1. The summed E-state index contributed by atoms with van der Waals surface area (Å²) in [4.78, 5) is 12.4. The maximum Gasteiger partial charge on any atom is 0.256 e. The van der Waals surface area contributed by atoms with Crippen molar-refractivity contribution in [2.45, 2.75) is 13.8 Å². The van der Waals surface area contributed by atoms with E-state index in [1.807, 2.05) is 26.0 Å². The number of nitrogens with one attached hydrogen (secondary N) is 1. The van der Waals surface area contributed by atoms with Crippen LogP contribution in [0.5, 0.6) is 5.75 Å². The number of rotatable bonds is 3. The van der Waals surface area contributed by atoms with E-state index in [0.29, 0.717) is 22.7 Å². The van der Waals surface area contributed by atoms with E-state index >= 15 is 0 Å². The van der Waals surface area contributed by atoms with E-state index < -0.39 is 0 Å². The van der Waals surface area contributed by atoms with Crippen molar-refractivity contribution < 1.29 is 9.53 Å². The fourth-order valence-corrected chi connectivity index (χ4v) is 2.71. The molecule has 0 atom stereocenters. The van der Waals surface area contributed by atoms with E-state index in [4.69, 9.17) is 10.5 Å². The van der Waals surface area contributed by atoms with Gasteiger partial charge in [-0.3, -0.25) is 4.79 Å². The van der Waals surface area contributed by atoms with E-state index in [2.05, 4.69) is 21.2 Å². The topological polar surface area (TPSA) is 64.3 Å². The van der Waals surface area contributed by atoms with Gasteiger partial charge in [0.25, 0.3) is 5.91 Å². The van der Waals surface area contributed by atoms with Crippen LogP contribution in [0.15, 0.2) is 34.8 Å². The van der Waals surface area contributed by atoms with Gasteiger partial charge in [0, 0.05) is 15.7 Å². The van der Waals surface area contributed by atoms with E-state index in [1.54, 1.807) is 25.3 Å². The van der Waals surface area contributed by atoms with Crippen molar-refractivity contribution >= 4 is 33.2 Å². The molecule has 3 N–H and O–H groups in total. The third-order valence-corrected chi connectivity index (χ3v) is 3.68. The number of carbonyl (C=O) groups is 1. The highest BCUT2D eigenvalue weighted by molar-refractivity contribution is 9.10. The van der Waals surface area contributed by atoms with E-state index in [9.17, 15) is 4.79 Å². The molecule has 0 saturated carbocycles. The number of carbonyl (C=O) groups excluding carboxylic acids is 1. The summed E-state index contributed by atoms with van der Waals surface area (Å²) in [5.41, 5.74) is 9.36. The zero-order valence-electron chi connectivity index (χ0n) is 12.2. The van der Waals surface area contributed by atoms with Crippen LogP contribution >= 0.6 is 15.9 Å². The first kappa shape index (κ1) is 15.4. The zero-order chi connectivity index (χ0) is 15.6. The quantitative estimate of drug-likeness (QED) is 0.826. The predicted octanol–water partition coefficient (Wildman–Crippen LogP) is 3.91. The first-order chi connectivity index (χ1) is 9.92. The molecule has 5 heteroatoms. The minimum absolute atomic E-state index is 0.184. The maximum absolute atomic E-state index is 12.4. The highest BCUT2D eigenvalue weighted by Crippen LogP contribution is 2.32. The van der Waals surface area contributed by atoms with Gasteiger partial charge < -0.3 is 15.8 Å². The molecule has 0 heterocycles. The Balaban J connectivity index is 2.36. The van der Waals surface area contributed by atoms with Crippen LogP contribution in [-0.2, 0) is 0 Å². The number of nitrogen functional groups attached to an aromatic ring is 1. The lowest BCUT2D eigenvalue weighted by molar-refractivity contribution is 0.102.